The summed E-state index contributed by atoms with van der Waals surface area (Å²) < 4.78 is 28.3. The lowest BCUT2D eigenvalue weighted by molar-refractivity contribution is -0.203. The van der Waals surface area contributed by atoms with Gasteiger partial charge in [0.1, 0.15) is 4.21 Å². The van der Waals surface area contributed by atoms with E-state index in [9.17, 15) is 18.0 Å². The number of benzene rings is 1. The molecule has 8 nitrogen and oxygen atoms in total. The molecule has 1 fully saturated rings. The Balaban J connectivity index is 1.53. The molecule has 0 saturated carbocycles. The number of rotatable bonds is 13. The zero-order valence-corrected chi connectivity index (χ0v) is 23.8. The second kappa shape index (κ2) is 14.2. The Labute approximate surface area is 228 Å². The highest BCUT2D eigenvalue weighted by Gasteiger charge is 2.33. The van der Waals surface area contributed by atoms with E-state index in [4.69, 9.17) is 16.4 Å². The van der Waals surface area contributed by atoms with Crippen LogP contribution in [0.15, 0.2) is 40.6 Å². The van der Waals surface area contributed by atoms with Gasteiger partial charge in [0.25, 0.3) is 15.9 Å². The maximum atomic E-state index is 13.3. The number of amides is 1. The molecule has 2 heterocycles. The first kappa shape index (κ1) is 29.6. The van der Waals surface area contributed by atoms with Crippen LogP contribution < -0.4 is 5.32 Å². The largest absolute Gasteiger partial charge is 0.368 e. The zero-order chi connectivity index (χ0) is 26.8. The van der Waals surface area contributed by atoms with E-state index in [1.807, 2.05) is 0 Å². The summed E-state index contributed by atoms with van der Waals surface area (Å²) in [5.41, 5.74) is 0.487. The fourth-order valence-electron chi connectivity index (χ4n) is 4.30. The summed E-state index contributed by atoms with van der Waals surface area (Å²) in [5, 5.41) is 5.12. The molecule has 1 saturated heterocycles. The molecule has 1 N–H and O–H groups in total. The molecule has 0 aliphatic carbocycles. The Morgan fingerprint density at radius 3 is 2.41 bits per heavy atom. The molecule has 0 bridgehead atoms. The van der Waals surface area contributed by atoms with Crippen LogP contribution in [0.4, 0.5) is 0 Å². The molecular formula is C26H36ClN3O5S2. The van der Waals surface area contributed by atoms with Gasteiger partial charge in [-0.3, -0.25) is 9.59 Å². The SMILES string of the molecule is CCCCCCCN(OC(C)=O)C1CCN(S(=O)(=O)c2ccc(CNC(=O)c3ccc(Cl)cc3)s2)CC1. The summed E-state index contributed by atoms with van der Waals surface area (Å²) in [7, 11) is -3.64. The number of thiophene rings is 1. The van der Waals surface area contributed by atoms with E-state index in [2.05, 4.69) is 12.2 Å². The van der Waals surface area contributed by atoms with Crippen molar-refractivity contribution < 1.29 is 22.8 Å². The molecular weight excluding hydrogens is 534 g/mol. The average Bonchev–Trinajstić information content (AvgIpc) is 3.37. The van der Waals surface area contributed by atoms with Gasteiger partial charge < -0.3 is 10.2 Å². The normalized spacial score (nSPS) is 15.1. The van der Waals surface area contributed by atoms with Crippen molar-refractivity contribution in [2.24, 2.45) is 0 Å². The van der Waals surface area contributed by atoms with Crippen molar-refractivity contribution in [1.29, 1.82) is 0 Å². The van der Waals surface area contributed by atoms with E-state index in [-0.39, 0.29) is 28.7 Å². The van der Waals surface area contributed by atoms with E-state index in [1.165, 1.54) is 24.1 Å². The van der Waals surface area contributed by atoms with Gasteiger partial charge in [0.2, 0.25) is 0 Å². The van der Waals surface area contributed by atoms with Crippen molar-refractivity contribution in [3.05, 3.63) is 51.9 Å². The van der Waals surface area contributed by atoms with Crippen molar-refractivity contribution in [3.8, 4) is 0 Å². The molecule has 2 aromatic rings. The highest BCUT2D eigenvalue weighted by Crippen LogP contribution is 2.28. The zero-order valence-electron chi connectivity index (χ0n) is 21.4. The number of sulfonamides is 1. The molecule has 0 spiro atoms. The molecule has 1 amide bonds. The molecule has 3 rings (SSSR count). The first-order valence-corrected chi connectivity index (χ1v) is 15.4. The number of nitrogens with zero attached hydrogens (tertiary/aromatic N) is 2. The molecule has 1 aromatic heterocycles. The lowest BCUT2D eigenvalue weighted by Gasteiger charge is -2.36. The fourth-order valence-corrected chi connectivity index (χ4v) is 7.34. The first-order valence-electron chi connectivity index (χ1n) is 12.8. The van der Waals surface area contributed by atoms with E-state index in [0.717, 1.165) is 35.5 Å². The summed E-state index contributed by atoms with van der Waals surface area (Å²) in [4.78, 5) is 30.2. The molecule has 204 valence electrons. The molecule has 1 aliphatic rings. The highest BCUT2D eigenvalue weighted by molar-refractivity contribution is 7.91. The number of carbonyl (C=O) groups excluding carboxylic acids is 2. The predicted octanol–water partition coefficient (Wildman–Crippen LogP) is 5.24. The van der Waals surface area contributed by atoms with Gasteiger partial charge in [-0.15, -0.1) is 16.4 Å². The number of hydrogen-bond acceptors (Lipinski definition) is 7. The summed E-state index contributed by atoms with van der Waals surface area (Å²) >= 11 is 7.03. The molecule has 37 heavy (non-hydrogen) atoms. The van der Waals surface area contributed by atoms with Crippen LogP contribution in [0, 0.1) is 0 Å². The lowest BCUT2D eigenvalue weighted by Crippen LogP contribution is -2.47. The van der Waals surface area contributed by atoms with Crippen molar-refractivity contribution in [2.45, 2.75) is 75.6 Å². The second-order valence-corrected chi connectivity index (χ2v) is 13.0. The number of hydroxylamine groups is 2. The minimum Gasteiger partial charge on any atom is -0.368 e. The summed E-state index contributed by atoms with van der Waals surface area (Å²) in [5.74, 6) is -0.600. The minimum atomic E-state index is -3.64. The third-order valence-electron chi connectivity index (χ3n) is 6.32. The Morgan fingerprint density at radius 2 is 1.76 bits per heavy atom. The topological polar surface area (TPSA) is 96.0 Å². The van der Waals surface area contributed by atoms with Gasteiger partial charge >= 0.3 is 5.97 Å². The third-order valence-corrected chi connectivity index (χ3v) is 10.0. The van der Waals surface area contributed by atoms with Gasteiger partial charge in [0.15, 0.2) is 0 Å². The van der Waals surface area contributed by atoms with Crippen LogP contribution in [0.1, 0.15) is 74.0 Å². The Kier molecular flexibility index (Phi) is 11.4. The van der Waals surface area contributed by atoms with Crippen LogP contribution in [-0.2, 0) is 26.2 Å². The van der Waals surface area contributed by atoms with Crippen LogP contribution in [0.25, 0.3) is 0 Å². The number of unbranched alkanes of at least 4 members (excludes halogenated alkanes) is 4. The van der Waals surface area contributed by atoms with Gasteiger partial charge in [-0.05, 0) is 55.7 Å². The van der Waals surface area contributed by atoms with Crippen molar-refractivity contribution in [1.82, 2.24) is 14.7 Å². The number of piperidine rings is 1. The van der Waals surface area contributed by atoms with E-state index < -0.39 is 10.0 Å². The summed E-state index contributed by atoms with van der Waals surface area (Å²) in [6, 6.07) is 9.90. The van der Waals surface area contributed by atoms with Crippen molar-refractivity contribution in [3.63, 3.8) is 0 Å². The quantitative estimate of drug-likeness (QED) is 0.262. The van der Waals surface area contributed by atoms with Crippen LogP contribution in [0.3, 0.4) is 0 Å². The molecule has 0 atom stereocenters. The first-order chi connectivity index (χ1) is 17.7. The number of halogens is 1. The second-order valence-electron chi connectivity index (χ2n) is 9.18. The molecule has 0 radical (unpaired) electrons. The Morgan fingerprint density at radius 1 is 1.08 bits per heavy atom. The van der Waals surface area contributed by atoms with Gasteiger partial charge in [-0.25, -0.2) is 8.42 Å². The smallest absolute Gasteiger partial charge is 0.322 e. The van der Waals surface area contributed by atoms with E-state index in [0.29, 0.717) is 43.1 Å². The number of carbonyl (C=O) groups is 2. The number of hydrogen-bond donors (Lipinski definition) is 1. The van der Waals surface area contributed by atoms with Crippen molar-refractivity contribution >= 4 is 44.8 Å². The van der Waals surface area contributed by atoms with E-state index in [1.54, 1.807) is 41.5 Å². The van der Waals surface area contributed by atoms with Crippen LogP contribution in [-0.4, -0.2) is 55.3 Å². The molecule has 1 aliphatic heterocycles. The minimum absolute atomic E-state index is 0.00324. The monoisotopic (exact) mass is 569 g/mol. The Hall–Kier alpha value is -1.98. The van der Waals surface area contributed by atoms with Crippen molar-refractivity contribution in [2.75, 3.05) is 19.6 Å². The molecule has 11 heteroatoms. The van der Waals surface area contributed by atoms with Crippen LogP contribution >= 0.6 is 22.9 Å². The standard InChI is InChI=1S/C26H36ClN3O5S2/c1-3-4-5-6-7-16-30(35-20(2)31)23-14-17-29(18-15-23)37(33,34)25-13-12-24(36-25)19-28-26(32)21-8-10-22(27)11-9-21/h8-13,23H,3-7,14-19H2,1-2H3,(H,28,32). The van der Waals surface area contributed by atoms with Gasteiger partial charge in [0, 0.05) is 48.1 Å². The summed E-state index contributed by atoms with van der Waals surface area (Å²) in [6.45, 7) is 5.19. The molecule has 0 unspecified atom stereocenters. The molecule has 1 aromatic carbocycles. The average molecular weight is 570 g/mol. The van der Waals surface area contributed by atoms with Gasteiger partial charge in [0.05, 0.1) is 6.54 Å². The highest BCUT2D eigenvalue weighted by atomic mass is 35.5. The fraction of sp³-hybridized carbons (Fsp3) is 0.538. The maximum Gasteiger partial charge on any atom is 0.322 e. The van der Waals surface area contributed by atoms with Crippen LogP contribution in [0.5, 0.6) is 0 Å². The van der Waals surface area contributed by atoms with Gasteiger partial charge in [-0.1, -0.05) is 44.2 Å². The number of nitrogens with one attached hydrogen (secondary N) is 1. The predicted molar refractivity (Wildman–Crippen MR) is 146 cm³/mol. The van der Waals surface area contributed by atoms with E-state index >= 15 is 0 Å². The van der Waals surface area contributed by atoms with Gasteiger partial charge in [-0.2, -0.15) is 4.31 Å². The lowest BCUT2D eigenvalue weighted by atomic mass is 10.1. The summed E-state index contributed by atoms with van der Waals surface area (Å²) in [6.07, 6.45) is 6.74. The maximum absolute atomic E-state index is 13.3. The Bertz CT molecular complexity index is 1130. The third kappa shape index (κ3) is 8.78. The van der Waals surface area contributed by atoms with Crippen LogP contribution in [0.2, 0.25) is 5.02 Å².